The van der Waals surface area contributed by atoms with Crippen molar-refractivity contribution in [1.29, 1.82) is 0 Å². The third kappa shape index (κ3) is 3.58. The van der Waals surface area contributed by atoms with Crippen molar-refractivity contribution in [2.24, 2.45) is 0 Å². The Morgan fingerprint density at radius 1 is 1.14 bits per heavy atom. The zero-order chi connectivity index (χ0) is 15.4. The van der Waals surface area contributed by atoms with Gasteiger partial charge in [-0.1, -0.05) is 5.16 Å². The molecule has 1 fully saturated rings. The van der Waals surface area contributed by atoms with E-state index in [-0.39, 0.29) is 6.03 Å². The third-order valence-corrected chi connectivity index (χ3v) is 3.72. The van der Waals surface area contributed by atoms with E-state index in [9.17, 15) is 4.79 Å². The largest absolute Gasteiger partial charge is 0.372 e. The smallest absolute Gasteiger partial charge is 0.324 e. The highest BCUT2D eigenvalue weighted by Gasteiger charge is 2.11. The number of aromatic nitrogens is 1. The second-order valence-electron chi connectivity index (χ2n) is 5.50. The van der Waals surface area contributed by atoms with Gasteiger partial charge < -0.3 is 14.7 Å². The second kappa shape index (κ2) is 6.51. The molecule has 0 radical (unpaired) electrons. The number of hydrogen-bond acceptors (Lipinski definition) is 4. The van der Waals surface area contributed by atoms with Gasteiger partial charge in [-0.3, -0.25) is 5.32 Å². The number of amides is 2. The summed E-state index contributed by atoms with van der Waals surface area (Å²) in [7, 11) is 0. The molecular weight excluding hydrogens is 280 g/mol. The zero-order valence-electron chi connectivity index (χ0n) is 12.6. The van der Waals surface area contributed by atoms with Crippen LogP contribution in [0.4, 0.5) is 22.0 Å². The second-order valence-corrected chi connectivity index (χ2v) is 5.50. The summed E-state index contributed by atoms with van der Waals surface area (Å²) in [5.74, 6) is 1.06. The van der Waals surface area contributed by atoms with Crippen LogP contribution < -0.4 is 15.5 Å². The van der Waals surface area contributed by atoms with Crippen LogP contribution in [0.5, 0.6) is 0 Å². The fourth-order valence-electron chi connectivity index (χ4n) is 2.61. The average molecular weight is 300 g/mol. The van der Waals surface area contributed by atoms with Crippen LogP contribution in [0.2, 0.25) is 0 Å². The molecule has 0 saturated carbocycles. The predicted molar refractivity (Wildman–Crippen MR) is 86.4 cm³/mol. The van der Waals surface area contributed by atoms with E-state index < -0.39 is 0 Å². The molecular formula is C16H20N4O2. The first-order chi connectivity index (χ1) is 10.7. The van der Waals surface area contributed by atoms with Gasteiger partial charge in [0, 0.05) is 30.5 Å². The number of piperidine rings is 1. The molecule has 1 aromatic heterocycles. The monoisotopic (exact) mass is 300 g/mol. The Morgan fingerprint density at radius 3 is 2.50 bits per heavy atom. The van der Waals surface area contributed by atoms with Crippen LogP contribution in [0, 0.1) is 6.92 Å². The lowest BCUT2D eigenvalue weighted by atomic mass is 10.1. The van der Waals surface area contributed by atoms with Gasteiger partial charge in [-0.2, -0.15) is 0 Å². The molecule has 6 heteroatoms. The van der Waals surface area contributed by atoms with Crippen LogP contribution in [0.15, 0.2) is 34.9 Å². The number of nitrogens with one attached hydrogen (secondary N) is 2. The van der Waals surface area contributed by atoms with Crippen LogP contribution in [0.1, 0.15) is 25.0 Å². The summed E-state index contributed by atoms with van der Waals surface area (Å²) >= 11 is 0. The molecule has 2 amide bonds. The van der Waals surface area contributed by atoms with E-state index in [1.165, 1.54) is 24.9 Å². The predicted octanol–water partition coefficient (Wildman–Crippen LogP) is 3.62. The Labute approximate surface area is 129 Å². The Bertz CT molecular complexity index is 630. The lowest BCUT2D eigenvalue weighted by Gasteiger charge is -2.28. The first kappa shape index (κ1) is 14.4. The van der Waals surface area contributed by atoms with Gasteiger partial charge in [0.1, 0.15) is 5.76 Å². The summed E-state index contributed by atoms with van der Waals surface area (Å²) in [6, 6.07) is 9.25. The van der Waals surface area contributed by atoms with Crippen molar-refractivity contribution in [2.45, 2.75) is 26.2 Å². The molecule has 22 heavy (non-hydrogen) atoms. The highest BCUT2D eigenvalue weighted by atomic mass is 16.5. The zero-order valence-corrected chi connectivity index (χ0v) is 12.6. The average Bonchev–Trinajstić information content (AvgIpc) is 2.94. The molecule has 3 rings (SSSR count). The fraction of sp³-hybridized carbons (Fsp3) is 0.375. The van der Waals surface area contributed by atoms with Gasteiger partial charge in [-0.05, 0) is 50.5 Å². The number of nitrogens with zero attached hydrogens (tertiary/aromatic N) is 2. The SMILES string of the molecule is Cc1cc(NC(=O)Nc2ccc(N3CCCCC3)cc2)no1. The number of aryl methyl sites for hydroxylation is 1. The molecule has 0 aliphatic carbocycles. The lowest BCUT2D eigenvalue weighted by Crippen LogP contribution is -2.29. The molecule has 1 aliphatic rings. The highest BCUT2D eigenvalue weighted by molar-refractivity contribution is 5.99. The molecule has 2 N–H and O–H groups in total. The maximum Gasteiger partial charge on any atom is 0.324 e. The van der Waals surface area contributed by atoms with E-state index in [4.69, 9.17) is 4.52 Å². The Hall–Kier alpha value is -2.50. The molecule has 1 saturated heterocycles. The van der Waals surface area contributed by atoms with Crippen molar-refractivity contribution in [3.05, 3.63) is 36.1 Å². The van der Waals surface area contributed by atoms with Gasteiger partial charge in [0.05, 0.1) is 0 Å². The number of carbonyl (C=O) groups is 1. The minimum Gasteiger partial charge on any atom is -0.372 e. The molecule has 2 heterocycles. The van der Waals surface area contributed by atoms with Gasteiger partial charge in [0.15, 0.2) is 5.82 Å². The van der Waals surface area contributed by atoms with Gasteiger partial charge in [-0.25, -0.2) is 4.79 Å². The van der Waals surface area contributed by atoms with Gasteiger partial charge >= 0.3 is 6.03 Å². The molecule has 2 aromatic rings. The van der Waals surface area contributed by atoms with Crippen molar-refractivity contribution in [3.63, 3.8) is 0 Å². The van der Waals surface area contributed by atoms with Crippen molar-refractivity contribution in [1.82, 2.24) is 5.16 Å². The standard InChI is InChI=1S/C16H20N4O2/c1-12-11-15(19-22-12)18-16(21)17-13-5-7-14(8-6-13)20-9-3-2-4-10-20/h5-8,11H,2-4,9-10H2,1H3,(H2,17,18,19,21). The molecule has 0 spiro atoms. The molecule has 6 nitrogen and oxygen atoms in total. The highest BCUT2D eigenvalue weighted by Crippen LogP contribution is 2.21. The minimum absolute atomic E-state index is 0.334. The quantitative estimate of drug-likeness (QED) is 0.908. The summed E-state index contributed by atoms with van der Waals surface area (Å²) < 4.78 is 4.90. The number of urea groups is 1. The number of anilines is 3. The van der Waals surface area contributed by atoms with E-state index in [0.717, 1.165) is 18.8 Å². The molecule has 1 aromatic carbocycles. The van der Waals surface area contributed by atoms with Crippen molar-refractivity contribution in [3.8, 4) is 0 Å². The summed E-state index contributed by atoms with van der Waals surface area (Å²) in [4.78, 5) is 14.2. The van der Waals surface area contributed by atoms with Crippen molar-refractivity contribution < 1.29 is 9.32 Å². The van der Waals surface area contributed by atoms with Crippen molar-refractivity contribution >= 4 is 23.2 Å². The van der Waals surface area contributed by atoms with E-state index in [1.807, 2.05) is 24.3 Å². The number of rotatable bonds is 3. The van der Waals surface area contributed by atoms with Crippen LogP contribution >= 0.6 is 0 Å². The maximum absolute atomic E-state index is 11.9. The topological polar surface area (TPSA) is 70.4 Å². The molecule has 1 aliphatic heterocycles. The fourth-order valence-corrected chi connectivity index (χ4v) is 2.61. The van der Waals surface area contributed by atoms with Gasteiger partial charge in [0.25, 0.3) is 0 Å². The number of benzene rings is 1. The minimum atomic E-state index is -0.334. The molecule has 0 unspecified atom stereocenters. The summed E-state index contributed by atoms with van der Waals surface area (Å²) in [6.07, 6.45) is 3.82. The first-order valence-corrected chi connectivity index (χ1v) is 7.57. The van der Waals surface area contributed by atoms with Gasteiger partial charge in [-0.15, -0.1) is 0 Å². The normalized spacial score (nSPS) is 14.7. The maximum atomic E-state index is 11.9. The van der Waals surface area contributed by atoms with E-state index in [2.05, 4.69) is 20.7 Å². The summed E-state index contributed by atoms with van der Waals surface area (Å²) in [5, 5.41) is 9.12. The molecule has 116 valence electrons. The number of hydrogen-bond donors (Lipinski definition) is 2. The van der Waals surface area contributed by atoms with Crippen LogP contribution in [-0.2, 0) is 0 Å². The Morgan fingerprint density at radius 2 is 1.86 bits per heavy atom. The van der Waals surface area contributed by atoms with E-state index >= 15 is 0 Å². The van der Waals surface area contributed by atoms with E-state index in [1.54, 1.807) is 13.0 Å². The van der Waals surface area contributed by atoms with Crippen molar-refractivity contribution in [2.75, 3.05) is 28.6 Å². The Kier molecular flexibility index (Phi) is 4.27. The number of carbonyl (C=O) groups excluding carboxylic acids is 1. The van der Waals surface area contributed by atoms with Crippen LogP contribution in [0.25, 0.3) is 0 Å². The summed E-state index contributed by atoms with van der Waals surface area (Å²) in [5.41, 5.74) is 1.95. The van der Waals surface area contributed by atoms with E-state index in [0.29, 0.717) is 11.6 Å². The third-order valence-electron chi connectivity index (χ3n) is 3.72. The summed E-state index contributed by atoms with van der Waals surface area (Å²) in [6.45, 7) is 3.99. The van der Waals surface area contributed by atoms with Gasteiger partial charge in [0.2, 0.25) is 0 Å². The first-order valence-electron chi connectivity index (χ1n) is 7.57. The molecule has 0 bridgehead atoms. The Balaban J connectivity index is 1.57. The van der Waals surface area contributed by atoms with Crippen LogP contribution in [0.3, 0.4) is 0 Å². The van der Waals surface area contributed by atoms with Crippen LogP contribution in [-0.4, -0.2) is 24.3 Å². The molecule has 0 atom stereocenters. The lowest BCUT2D eigenvalue weighted by molar-refractivity contribution is 0.262.